The summed E-state index contributed by atoms with van der Waals surface area (Å²) in [6.07, 6.45) is -3.48. The summed E-state index contributed by atoms with van der Waals surface area (Å²) in [6.45, 7) is 3.91. The van der Waals surface area contributed by atoms with E-state index >= 15 is 0 Å². The van der Waals surface area contributed by atoms with Crippen molar-refractivity contribution >= 4 is 17.0 Å². The number of ether oxygens (including phenoxy) is 2. The Morgan fingerprint density at radius 3 is 2.54 bits per heavy atom. The van der Waals surface area contributed by atoms with Gasteiger partial charge in [-0.1, -0.05) is 25.1 Å². The molecule has 2 heterocycles. The number of aromatic nitrogens is 2. The lowest BCUT2D eigenvalue weighted by Gasteiger charge is -2.15. The van der Waals surface area contributed by atoms with Crippen molar-refractivity contribution in [2.24, 2.45) is 0 Å². The van der Waals surface area contributed by atoms with E-state index in [1.165, 1.54) is 12.1 Å². The Morgan fingerprint density at radius 1 is 1.09 bits per heavy atom. The third kappa shape index (κ3) is 5.24. The van der Waals surface area contributed by atoms with Crippen LogP contribution < -0.4 is 9.47 Å². The zero-order chi connectivity index (χ0) is 25.2. The SMILES string of the molecule is CC[C@@H](Oc1cccc(Cn2c(C)c(Oc3cccc(C(F)(F)F)c3)c3cccnc32)c1)C(=O)O. The minimum Gasteiger partial charge on any atom is -0.479 e. The summed E-state index contributed by atoms with van der Waals surface area (Å²) >= 11 is 0. The van der Waals surface area contributed by atoms with Gasteiger partial charge in [-0.05, 0) is 61.4 Å². The van der Waals surface area contributed by atoms with Crippen molar-refractivity contribution in [1.82, 2.24) is 9.55 Å². The Hall–Kier alpha value is -4.01. The highest BCUT2D eigenvalue weighted by Gasteiger charge is 2.31. The summed E-state index contributed by atoms with van der Waals surface area (Å²) in [7, 11) is 0. The molecule has 0 aliphatic rings. The smallest absolute Gasteiger partial charge is 0.416 e. The van der Waals surface area contributed by atoms with E-state index < -0.39 is 23.8 Å². The van der Waals surface area contributed by atoms with Crippen LogP contribution in [0.1, 0.15) is 30.2 Å². The molecule has 0 amide bonds. The fourth-order valence-corrected chi connectivity index (χ4v) is 3.81. The number of carboxylic acid groups (broad SMARTS) is 1. The molecule has 0 spiro atoms. The number of carbonyl (C=O) groups is 1. The Kier molecular flexibility index (Phi) is 6.68. The molecule has 35 heavy (non-hydrogen) atoms. The molecule has 4 rings (SSSR count). The number of hydrogen-bond donors (Lipinski definition) is 1. The van der Waals surface area contributed by atoms with Crippen LogP contribution >= 0.6 is 0 Å². The van der Waals surface area contributed by atoms with Gasteiger partial charge >= 0.3 is 12.1 Å². The summed E-state index contributed by atoms with van der Waals surface area (Å²) in [5.41, 5.74) is 1.33. The first-order valence-corrected chi connectivity index (χ1v) is 10.9. The standard InChI is InChI=1S/C26H23F3N2O4/c1-3-22(25(32)33)34-19-9-4-7-17(13-19)15-31-16(2)23(21-11-6-12-30-24(21)31)35-20-10-5-8-18(14-20)26(27,28)29/h4-14,22H,3,15H2,1-2H3,(H,32,33)/t22-/m1/s1. The van der Waals surface area contributed by atoms with Crippen LogP contribution in [0, 0.1) is 6.92 Å². The lowest BCUT2D eigenvalue weighted by molar-refractivity contribution is -0.145. The molecule has 0 saturated carbocycles. The van der Waals surface area contributed by atoms with E-state index in [9.17, 15) is 23.1 Å². The molecule has 0 bridgehead atoms. The van der Waals surface area contributed by atoms with Gasteiger partial charge in [0, 0.05) is 12.7 Å². The third-order valence-electron chi connectivity index (χ3n) is 5.57. The number of hydrogen-bond acceptors (Lipinski definition) is 4. The summed E-state index contributed by atoms with van der Waals surface area (Å²) in [4.78, 5) is 15.8. The number of fused-ring (bicyclic) bond motifs is 1. The topological polar surface area (TPSA) is 73.6 Å². The van der Waals surface area contributed by atoms with Crippen molar-refractivity contribution in [1.29, 1.82) is 0 Å². The maximum Gasteiger partial charge on any atom is 0.416 e. The first-order chi connectivity index (χ1) is 16.7. The van der Waals surface area contributed by atoms with Crippen LogP contribution in [0.15, 0.2) is 66.9 Å². The average molecular weight is 484 g/mol. The summed E-state index contributed by atoms with van der Waals surface area (Å²) in [5, 5.41) is 9.92. The molecule has 1 atom stereocenters. The van der Waals surface area contributed by atoms with E-state index in [0.29, 0.717) is 41.2 Å². The fraction of sp³-hybridized carbons (Fsp3) is 0.231. The van der Waals surface area contributed by atoms with Gasteiger partial charge in [-0.15, -0.1) is 0 Å². The predicted molar refractivity (Wildman–Crippen MR) is 124 cm³/mol. The first-order valence-electron chi connectivity index (χ1n) is 10.9. The monoisotopic (exact) mass is 484 g/mol. The van der Waals surface area contributed by atoms with Gasteiger partial charge in [-0.25, -0.2) is 9.78 Å². The molecule has 1 N–H and O–H groups in total. The van der Waals surface area contributed by atoms with Crippen LogP contribution in [-0.4, -0.2) is 26.7 Å². The molecule has 0 aliphatic carbocycles. The second-order valence-electron chi connectivity index (χ2n) is 8.00. The highest BCUT2D eigenvalue weighted by atomic mass is 19.4. The number of rotatable bonds is 8. The lowest BCUT2D eigenvalue weighted by Crippen LogP contribution is -2.25. The average Bonchev–Trinajstić information content (AvgIpc) is 3.08. The van der Waals surface area contributed by atoms with Crippen LogP contribution in [-0.2, 0) is 17.5 Å². The van der Waals surface area contributed by atoms with Gasteiger partial charge in [0.25, 0.3) is 0 Å². The number of pyridine rings is 1. The molecule has 9 heteroatoms. The van der Waals surface area contributed by atoms with E-state index in [0.717, 1.165) is 17.7 Å². The summed E-state index contributed by atoms with van der Waals surface area (Å²) < 4.78 is 52.9. The summed E-state index contributed by atoms with van der Waals surface area (Å²) in [5.74, 6) is -0.123. The van der Waals surface area contributed by atoms with E-state index in [-0.39, 0.29) is 5.75 Å². The van der Waals surface area contributed by atoms with E-state index in [4.69, 9.17) is 9.47 Å². The van der Waals surface area contributed by atoms with E-state index in [2.05, 4.69) is 4.98 Å². The van der Waals surface area contributed by atoms with E-state index in [1.54, 1.807) is 43.5 Å². The largest absolute Gasteiger partial charge is 0.479 e. The molecular weight excluding hydrogens is 461 g/mol. The molecule has 0 saturated heterocycles. The molecule has 0 unspecified atom stereocenters. The molecular formula is C26H23F3N2O4. The Morgan fingerprint density at radius 2 is 1.83 bits per heavy atom. The normalized spacial score (nSPS) is 12.5. The number of alkyl halides is 3. The fourth-order valence-electron chi connectivity index (χ4n) is 3.81. The Labute approximate surface area is 199 Å². The molecule has 2 aromatic carbocycles. The Bertz CT molecular complexity index is 1360. The molecule has 2 aromatic heterocycles. The van der Waals surface area contributed by atoms with Crippen molar-refractivity contribution in [2.75, 3.05) is 0 Å². The minimum atomic E-state index is -4.48. The van der Waals surface area contributed by atoms with Gasteiger partial charge < -0.3 is 19.1 Å². The van der Waals surface area contributed by atoms with Gasteiger partial charge in [0.1, 0.15) is 17.1 Å². The number of nitrogens with zero attached hydrogens (tertiary/aromatic N) is 2. The van der Waals surface area contributed by atoms with Crippen molar-refractivity contribution in [3.05, 3.63) is 83.7 Å². The minimum absolute atomic E-state index is 0.0699. The van der Waals surface area contributed by atoms with Gasteiger partial charge in [0.05, 0.1) is 16.6 Å². The zero-order valence-corrected chi connectivity index (χ0v) is 19.0. The van der Waals surface area contributed by atoms with Crippen molar-refractivity contribution in [3.8, 4) is 17.2 Å². The second-order valence-corrected chi connectivity index (χ2v) is 8.00. The highest BCUT2D eigenvalue weighted by molar-refractivity contribution is 5.86. The van der Waals surface area contributed by atoms with Gasteiger partial charge in [0.15, 0.2) is 11.9 Å². The molecule has 0 fully saturated rings. The van der Waals surface area contributed by atoms with Crippen LogP contribution in [0.3, 0.4) is 0 Å². The van der Waals surface area contributed by atoms with Gasteiger partial charge in [0.2, 0.25) is 0 Å². The van der Waals surface area contributed by atoms with Crippen LogP contribution in [0.4, 0.5) is 13.2 Å². The van der Waals surface area contributed by atoms with Gasteiger partial charge in [-0.2, -0.15) is 13.2 Å². The molecule has 6 nitrogen and oxygen atoms in total. The quantitative estimate of drug-likeness (QED) is 0.311. The van der Waals surface area contributed by atoms with Crippen LogP contribution in [0.5, 0.6) is 17.2 Å². The first kappa shape index (κ1) is 24.1. The Balaban J connectivity index is 1.68. The zero-order valence-electron chi connectivity index (χ0n) is 19.0. The van der Waals surface area contributed by atoms with Crippen molar-refractivity contribution < 1.29 is 32.5 Å². The maximum atomic E-state index is 13.2. The number of carboxylic acids is 1. The lowest BCUT2D eigenvalue weighted by atomic mass is 10.2. The van der Waals surface area contributed by atoms with Crippen molar-refractivity contribution in [3.63, 3.8) is 0 Å². The number of benzene rings is 2. The predicted octanol–water partition coefficient (Wildman–Crippen LogP) is 6.45. The second kappa shape index (κ2) is 9.69. The molecule has 0 aliphatic heterocycles. The maximum absolute atomic E-state index is 13.2. The van der Waals surface area contributed by atoms with Gasteiger partial charge in [-0.3, -0.25) is 0 Å². The number of halogens is 3. The molecule has 0 radical (unpaired) electrons. The van der Waals surface area contributed by atoms with Crippen molar-refractivity contribution in [2.45, 2.75) is 39.1 Å². The van der Waals surface area contributed by atoms with Crippen LogP contribution in [0.25, 0.3) is 11.0 Å². The third-order valence-corrected chi connectivity index (χ3v) is 5.57. The number of aliphatic carboxylic acids is 1. The summed E-state index contributed by atoms with van der Waals surface area (Å²) in [6, 6.07) is 15.4. The van der Waals surface area contributed by atoms with Crippen LogP contribution in [0.2, 0.25) is 0 Å². The highest BCUT2D eigenvalue weighted by Crippen LogP contribution is 2.38. The molecule has 182 valence electrons. The van der Waals surface area contributed by atoms with E-state index in [1.807, 2.05) is 17.6 Å². The molecule has 4 aromatic rings.